The normalized spacial score (nSPS) is 26.7. The van der Waals surface area contributed by atoms with Crippen LogP contribution in [0.2, 0.25) is 0 Å². The van der Waals surface area contributed by atoms with Gasteiger partial charge in [-0.2, -0.15) is 0 Å². The van der Waals surface area contributed by atoms with Gasteiger partial charge < -0.3 is 9.88 Å². The van der Waals surface area contributed by atoms with Gasteiger partial charge in [-0.3, -0.25) is 0 Å². The minimum absolute atomic E-state index is 0.360. The molecule has 16 heavy (non-hydrogen) atoms. The lowest BCUT2D eigenvalue weighted by atomic mass is 9.88. The molecule has 1 aromatic rings. The van der Waals surface area contributed by atoms with E-state index in [9.17, 15) is 0 Å². The standard InChI is InChI=1S/C12H20N4/c1-9-11-14-15-12(16(11)8-7-13-9)10-5-3-2-4-6-10/h9-10,13H,2-8H2,1H3. The van der Waals surface area contributed by atoms with Gasteiger partial charge in [-0.1, -0.05) is 19.3 Å². The van der Waals surface area contributed by atoms with Crippen molar-refractivity contribution in [3.63, 3.8) is 0 Å². The van der Waals surface area contributed by atoms with E-state index < -0.39 is 0 Å². The summed E-state index contributed by atoms with van der Waals surface area (Å²) < 4.78 is 2.36. The molecule has 1 N–H and O–H groups in total. The molecule has 1 aromatic heterocycles. The van der Waals surface area contributed by atoms with Crippen LogP contribution in [-0.4, -0.2) is 21.3 Å². The van der Waals surface area contributed by atoms with Crippen molar-refractivity contribution < 1.29 is 0 Å². The summed E-state index contributed by atoms with van der Waals surface area (Å²) in [5.41, 5.74) is 0. The Labute approximate surface area is 96.4 Å². The Morgan fingerprint density at radius 2 is 1.88 bits per heavy atom. The van der Waals surface area contributed by atoms with Gasteiger partial charge in [0.05, 0.1) is 6.04 Å². The maximum Gasteiger partial charge on any atom is 0.149 e. The van der Waals surface area contributed by atoms with Gasteiger partial charge in [-0.15, -0.1) is 10.2 Å². The molecular formula is C12H20N4. The zero-order valence-corrected chi connectivity index (χ0v) is 9.95. The average Bonchev–Trinajstić information content (AvgIpc) is 2.75. The number of aromatic nitrogens is 3. The second-order valence-corrected chi connectivity index (χ2v) is 5.08. The first-order valence-corrected chi connectivity index (χ1v) is 6.52. The van der Waals surface area contributed by atoms with Crippen molar-refractivity contribution in [2.24, 2.45) is 0 Å². The SMILES string of the molecule is CC1NCCn2c(C3CCCCC3)nnc21. The first-order chi connectivity index (χ1) is 7.86. The van der Waals surface area contributed by atoms with E-state index >= 15 is 0 Å². The highest BCUT2D eigenvalue weighted by molar-refractivity contribution is 5.08. The van der Waals surface area contributed by atoms with Crippen molar-refractivity contribution in [3.05, 3.63) is 11.6 Å². The second kappa shape index (κ2) is 4.17. The highest BCUT2D eigenvalue weighted by atomic mass is 15.3. The summed E-state index contributed by atoms with van der Waals surface area (Å²) in [6.45, 7) is 4.26. The Morgan fingerprint density at radius 3 is 2.69 bits per heavy atom. The third-order valence-corrected chi connectivity index (χ3v) is 3.95. The molecule has 3 rings (SSSR count). The Morgan fingerprint density at radius 1 is 1.12 bits per heavy atom. The lowest BCUT2D eigenvalue weighted by molar-refractivity contribution is 0.387. The molecule has 0 radical (unpaired) electrons. The van der Waals surface area contributed by atoms with Gasteiger partial charge in [0, 0.05) is 19.0 Å². The van der Waals surface area contributed by atoms with E-state index in [-0.39, 0.29) is 0 Å². The monoisotopic (exact) mass is 220 g/mol. The fourth-order valence-electron chi connectivity index (χ4n) is 3.02. The number of rotatable bonds is 1. The van der Waals surface area contributed by atoms with Crippen molar-refractivity contribution in [3.8, 4) is 0 Å². The first kappa shape index (κ1) is 10.3. The van der Waals surface area contributed by atoms with Crippen LogP contribution in [0, 0.1) is 0 Å². The molecule has 88 valence electrons. The van der Waals surface area contributed by atoms with Crippen LogP contribution in [0.15, 0.2) is 0 Å². The first-order valence-electron chi connectivity index (χ1n) is 6.52. The van der Waals surface area contributed by atoms with E-state index in [4.69, 9.17) is 0 Å². The van der Waals surface area contributed by atoms with Gasteiger partial charge in [-0.25, -0.2) is 0 Å². The fraction of sp³-hybridized carbons (Fsp3) is 0.833. The topological polar surface area (TPSA) is 42.7 Å². The van der Waals surface area contributed by atoms with Crippen molar-refractivity contribution in [2.45, 2.75) is 57.5 Å². The molecule has 4 nitrogen and oxygen atoms in total. The lowest BCUT2D eigenvalue weighted by Gasteiger charge is -2.26. The molecule has 2 aliphatic rings. The molecule has 2 heterocycles. The van der Waals surface area contributed by atoms with Crippen LogP contribution in [0.3, 0.4) is 0 Å². The summed E-state index contributed by atoms with van der Waals surface area (Å²) in [6, 6.07) is 0.360. The molecule has 0 saturated heterocycles. The summed E-state index contributed by atoms with van der Waals surface area (Å²) in [5, 5.41) is 12.2. The number of nitrogens with zero attached hydrogens (tertiary/aromatic N) is 3. The smallest absolute Gasteiger partial charge is 0.149 e. The van der Waals surface area contributed by atoms with Crippen molar-refractivity contribution >= 4 is 0 Å². The number of hydrogen-bond acceptors (Lipinski definition) is 3. The zero-order valence-electron chi connectivity index (χ0n) is 9.95. The van der Waals surface area contributed by atoms with Gasteiger partial charge in [0.25, 0.3) is 0 Å². The lowest BCUT2D eigenvalue weighted by Crippen LogP contribution is -2.33. The molecule has 1 fully saturated rings. The molecule has 0 aromatic carbocycles. The van der Waals surface area contributed by atoms with Crippen molar-refractivity contribution in [1.82, 2.24) is 20.1 Å². The van der Waals surface area contributed by atoms with Gasteiger partial charge >= 0.3 is 0 Å². The third-order valence-electron chi connectivity index (χ3n) is 3.95. The quantitative estimate of drug-likeness (QED) is 0.787. The molecule has 4 heteroatoms. The molecule has 0 bridgehead atoms. The van der Waals surface area contributed by atoms with E-state index in [1.165, 1.54) is 37.9 Å². The molecule has 1 unspecified atom stereocenters. The summed E-state index contributed by atoms with van der Waals surface area (Å²) >= 11 is 0. The number of hydrogen-bond donors (Lipinski definition) is 1. The molecule has 1 aliphatic carbocycles. The van der Waals surface area contributed by atoms with Crippen LogP contribution in [0.25, 0.3) is 0 Å². The van der Waals surface area contributed by atoms with Crippen molar-refractivity contribution in [2.75, 3.05) is 6.54 Å². The maximum absolute atomic E-state index is 4.44. The number of nitrogens with one attached hydrogen (secondary N) is 1. The van der Waals surface area contributed by atoms with E-state index in [0.717, 1.165) is 18.9 Å². The van der Waals surface area contributed by atoms with Crippen molar-refractivity contribution in [1.29, 1.82) is 0 Å². The molecule has 0 spiro atoms. The summed E-state index contributed by atoms with van der Waals surface area (Å²) in [4.78, 5) is 0. The maximum atomic E-state index is 4.44. The Balaban J connectivity index is 1.89. The molecule has 1 atom stereocenters. The van der Waals surface area contributed by atoms with Crippen LogP contribution in [-0.2, 0) is 6.54 Å². The zero-order chi connectivity index (χ0) is 11.0. The van der Waals surface area contributed by atoms with E-state index in [1.54, 1.807) is 0 Å². The number of fused-ring (bicyclic) bond motifs is 1. The van der Waals surface area contributed by atoms with Crippen LogP contribution in [0.5, 0.6) is 0 Å². The average molecular weight is 220 g/mol. The highest BCUT2D eigenvalue weighted by Gasteiger charge is 2.26. The van der Waals surface area contributed by atoms with Gasteiger partial charge in [-0.05, 0) is 19.8 Å². The third kappa shape index (κ3) is 1.65. The van der Waals surface area contributed by atoms with Crippen LogP contribution in [0.1, 0.15) is 62.6 Å². The molecule has 1 saturated carbocycles. The largest absolute Gasteiger partial charge is 0.312 e. The Bertz CT molecular complexity index is 365. The molecular weight excluding hydrogens is 200 g/mol. The van der Waals surface area contributed by atoms with E-state index in [0.29, 0.717) is 12.0 Å². The minimum atomic E-state index is 0.360. The van der Waals surface area contributed by atoms with E-state index in [2.05, 4.69) is 27.0 Å². The Hall–Kier alpha value is -0.900. The molecule has 0 amide bonds. The fourth-order valence-corrected chi connectivity index (χ4v) is 3.02. The van der Waals surface area contributed by atoms with Gasteiger partial charge in [0.2, 0.25) is 0 Å². The molecule has 1 aliphatic heterocycles. The Kier molecular flexibility index (Phi) is 2.67. The predicted molar refractivity (Wildman–Crippen MR) is 62.3 cm³/mol. The summed E-state index contributed by atoms with van der Waals surface area (Å²) in [5.74, 6) is 3.05. The minimum Gasteiger partial charge on any atom is -0.312 e. The van der Waals surface area contributed by atoms with Crippen LogP contribution in [0.4, 0.5) is 0 Å². The van der Waals surface area contributed by atoms with Gasteiger partial charge in [0.1, 0.15) is 11.6 Å². The van der Waals surface area contributed by atoms with Crippen LogP contribution >= 0.6 is 0 Å². The predicted octanol–water partition coefficient (Wildman–Crippen LogP) is 1.99. The summed E-state index contributed by atoms with van der Waals surface area (Å²) in [7, 11) is 0. The highest BCUT2D eigenvalue weighted by Crippen LogP contribution is 2.32. The van der Waals surface area contributed by atoms with Gasteiger partial charge in [0.15, 0.2) is 0 Å². The van der Waals surface area contributed by atoms with E-state index in [1.807, 2.05) is 0 Å². The second-order valence-electron chi connectivity index (χ2n) is 5.08. The summed E-state index contributed by atoms with van der Waals surface area (Å²) in [6.07, 6.45) is 6.73. The van der Waals surface area contributed by atoms with Crippen LogP contribution < -0.4 is 5.32 Å².